The molecule has 0 amide bonds. The highest BCUT2D eigenvalue weighted by molar-refractivity contribution is 5.54. The lowest BCUT2D eigenvalue weighted by Gasteiger charge is -2.37. The normalized spacial score (nSPS) is 18.0. The summed E-state index contributed by atoms with van der Waals surface area (Å²) in [6, 6.07) is 9.47. The van der Waals surface area contributed by atoms with Gasteiger partial charge in [-0.05, 0) is 65.4 Å². The number of piperidine rings is 1. The van der Waals surface area contributed by atoms with E-state index in [1.807, 2.05) is 0 Å². The predicted molar refractivity (Wildman–Crippen MR) is 92.0 cm³/mol. The molecule has 3 heteroatoms. The van der Waals surface area contributed by atoms with Crippen LogP contribution in [0.5, 0.6) is 0 Å². The summed E-state index contributed by atoms with van der Waals surface area (Å²) in [5.74, 6) is 0. The number of rotatable bonds is 4. The van der Waals surface area contributed by atoms with Crippen LogP contribution < -0.4 is 10.2 Å². The molecule has 0 bridgehead atoms. The maximum Gasteiger partial charge on any atom is 0.0411 e. The molecular formula is C18H31N3. The molecule has 0 saturated carbocycles. The summed E-state index contributed by atoms with van der Waals surface area (Å²) in [5.41, 5.74) is 2.93. The lowest BCUT2D eigenvalue weighted by atomic mass is 10.0. The van der Waals surface area contributed by atoms with Gasteiger partial charge in [0.15, 0.2) is 0 Å². The zero-order chi connectivity index (χ0) is 15.5. The van der Waals surface area contributed by atoms with Crippen LogP contribution in [0.2, 0.25) is 0 Å². The molecule has 1 saturated heterocycles. The van der Waals surface area contributed by atoms with Gasteiger partial charge in [0.05, 0.1) is 0 Å². The Kier molecular flexibility index (Phi) is 5.28. The van der Waals surface area contributed by atoms with Crippen LogP contribution in [-0.2, 0) is 6.54 Å². The molecule has 21 heavy (non-hydrogen) atoms. The molecule has 118 valence electrons. The molecule has 0 aliphatic carbocycles. The SMILES string of the molecule is CN1CCC(N(C)c2ccccc2CNC(C)(C)C)CC1. The highest BCUT2D eigenvalue weighted by Gasteiger charge is 2.22. The zero-order valence-corrected chi connectivity index (χ0v) is 14.3. The minimum absolute atomic E-state index is 0.152. The minimum atomic E-state index is 0.152. The van der Waals surface area contributed by atoms with E-state index < -0.39 is 0 Å². The van der Waals surface area contributed by atoms with Crippen LogP contribution in [0.15, 0.2) is 24.3 Å². The van der Waals surface area contributed by atoms with Crippen molar-refractivity contribution in [1.82, 2.24) is 10.2 Å². The summed E-state index contributed by atoms with van der Waals surface area (Å²) in [4.78, 5) is 4.92. The van der Waals surface area contributed by atoms with E-state index in [0.29, 0.717) is 6.04 Å². The van der Waals surface area contributed by atoms with Crippen LogP contribution in [0.1, 0.15) is 39.2 Å². The van der Waals surface area contributed by atoms with Crippen LogP contribution in [0.3, 0.4) is 0 Å². The summed E-state index contributed by atoms with van der Waals surface area (Å²) in [6.45, 7) is 9.99. The van der Waals surface area contributed by atoms with Crippen LogP contribution in [-0.4, -0.2) is 43.7 Å². The first-order valence-corrected chi connectivity index (χ1v) is 8.11. The molecule has 1 aliphatic heterocycles. The third kappa shape index (κ3) is 4.72. The van der Waals surface area contributed by atoms with Gasteiger partial charge in [-0.25, -0.2) is 0 Å². The van der Waals surface area contributed by atoms with Crippen LogP contribution in [0, 0.1) is 0 Å². The van der Waals surface area contributed by atoms with Gasteiger partial charge < -0.3 is 15.1 Å². The van der Waals surface area contributed by atoms with Crippen molar-refractivity contribution in [1.29, 1.82) is 0 Å². The van der Waals surface area contributed by atoms with Gasteiger partial charge >= 0.3 is 0 Å². The quantitative estimate of drug-likeness (QED) is 0.919. The first-order chi connectivity index (χ1) is 9.87. The molecule has 1 fully saturated rings. The van der Waals surface area contributed by atoms with E-state index in [1.165, 1.54) is 37.2 Å². The molecule has 0 atom stereocenters. The topological polar surface area (TPSA) is 18.5 Å². The standard InChI is InChI=1S/C18H31N3/c1-18(2,3)19-14-15-8-6-7-9-17(15)21(5)16-10-12-20(4)13-11-16/h6-9,16,19H,10-14H2,1-5H3. The number of hydrogen-bond acceptors (Lipinski definition) is 3. The number of para-hydroxylation sites is 1. The first kappa shape index (κ1) is 16.3. The molecule has 0 unspecified atom stereocenters. The Bertz CT molecular complexity index is 442. The molecule has 3 nitrogen and oxygen atoms in total. The van der Waals surface area contributed by atoms with E-state index in [4.69, 9.17) is 0 Å². The van der Waals surface area contributed by atoms with E-state index in [2.05, 4.69) is 74.2 Å². The Balaban J connectivity index is 2.08. The fourth-order valence-electron chi connectivity index (χ4n) is 2.94. The molecule has 1 heterocycles. The molecule has 1 N–H and O–H groups in total. The lowest BCUT2D eigenvalue weighted by molar-refractivity contribution is 0.252. The molecule has 2 rings (SSSR count). The second-order valence-corrected chi connectivity index (χ2v) is 7.38. The average Bonchev–Trinajstić information content (AvgIpc) is 2.45. The Labute approximate surface area is 130 Å². The van der Waals surface area contributed by atoms with Gasteiger partial charge in [0.25, 0.3) is 0 Å². The van der Waals surface area contributed by atoms with Crippen molar-refractivity contribution in [3.63, 3.8) is 0 Å². The maximum atomic E-state index is 3.61. The molecule has 0 spiro atoms. The number of nitrogens with one attached hydrogen (secondary N) is 1. The van der Waals surface area contributed by atoms with Crippen molar-refractivity contribution in [3.8, 4) is 0 Å². The van der Waals surface area contributed by atoms with Gasteiger partial charge in [0.2, 0.25) is 0 Å². The van der Waals surface area contributed by atoms with Gasteiger partial charge in [-0.15, -0.1) is 0 Å². The fourth-order valence-corrected chi connectivity index (χ4v) is 2.94. The number of nitrogens with zero attached hydrogens (tertiary/aromatic N) is 2. The monoisotopic (exact) mass is 289 g/mol. The third-order valence-corrected chi connectivity index (χ3v) is 4.42. The summed E-state index contributed by atoms with van der Waals surface area (Å²) in [7, 11) is 4.48. The van der Waals surface area contributed by atoms with Gasteiger partial charge in [-0.3, -0.25) is 0 Å². The fraction of sp³-hybridized carbons (Fsp3) is 0.667. The van der Waals surface area contributed by atoms with E-state index >= 15 is 0 Å². The third-order valence-electron chi connectivity index (χ3n) is 4.42. The van der Waals surface area contributed by atoms with E-state index in [-0.39, 0.29) is 5.54 Å². The number of anilines is 1. The minimum Gasteiger partial charge on any atom is -0.371 e. The van der Waals surface area contributed by atoms with Crippen molar-refractivity contribution in [3.05, 3.63) is 29.8 Å². The average molecular weight is 289 g/mol. The second-order valence-electron chi connectivity index (χ2n) is 7.38. The molecule has 1 aliphatic rings. The second kappa shape index (κ2) is 6.80. The Morgan fingerprint density at radius 2 is 1.81 bits per heavy atom. The summed E-state index contributed by atoms with van der Waals surface area (Å²) < 4.78 is 0. The molecule has 1 aromatic rings. The highest BCUT2D eigenvalue weighted by Crippen LogP contribution is 2.25. The lowest BCUT2D eigenvalue weighted by Crippen LogP contribution is -2.42. The van der Waals surface area contributed by atoms with E-state index in [1.54, 1.807) is 0 Å². The van der Waals surface area contributed by atoms with Gasteiger partial charge in [0, 0.05) is 30.9 Å². The zero-order valence-electron chi connectivity index (χ0n) is 14.3. The van der Waals surface area contributed by atoms with Crippen LogP contribution in [0.25, 0.3) is 0 Å². The largest absolute Gasteiger partial charge is 0.371 e. The van der Waals surface area contributed by atoms with Gasteiger partial charge in [-0.1, -0.05) is 18.2 Å². The van der Waals surface area contributed by atoms with Crippen LogP contribution >= 0.6 is 0 Å². The Hall–Kier alpha value is -1.06. The van der Waals surface area contributed by atoms with Crippen molar-refractivity contribution in [2.75, 3.05) is 32.1 Å². The molecule has 0 aromatic heterocycles. The summed E-state index contributed by atoms with van der Waals surface area (Å²) in [5, 5.41) is 3.61. The summed E-state index contributed by atoms with van der Waals surface area (Å²) in [6.07, 6.45) is 2.52. The molecular weight excluding hydrogens is 258 g/mol. The Morgan fingerprint density at radius 3 is 2.43 bits per heavy atom. The van der Waals surface area contributed by atoms with E-state index in [0.717, 1.165) is 6.54 Å². The van der Waals surface area contributed by atoms with Crippen molar-refractivity contribution in [2.24, 2.45) is 0 Å². The van der Waals surface area contributed by atoms with Crippen molar-refractivity contribution in [2.45, 2.75) is 51.7 Å². The summed E-state index contributed by atoms with van der Waals surface area (Å²) >= 11 is 0. The van der Waals surface area contributed by atoms with Crippen molar-refractivity contribution < 1.29 is 0 Å². The maximum absolute atomic E-state index is 3.61. The number of benzene rings is 1. The molecule has 1 aromatic carbocycles. The molecule has 0 radical (unpaired) electrons. The van der Waals surface area contributed by atoms with Gasteiger partial charge in [0.1, 0.15) is 0 Å². The van der Waals surface area contributed by atoms with E-state index in [9.17, 15) is 0 Å². The number of hydrogen-bond donors (Lipinski definition) is 1. The first-order valence-electron chi connectivity index (χ1n) is 8.11. The van der Waals surface area contributed by atoms with Crippen molar-refractivity contribution >= 4 is 5.69 Å². The Morgan fingerprint density at radius 1 is 1.19 bits per heavy atom. The van der Waals surface area contributed by atoms with Gasteiger partial charge in [-0.2, -0.15) is 0 Å². The predicted octanol–water partition coefficient (Wildman–Crippen LogP) is 3.11. The smallest absolute Gasteiger partial charge is 0.0411 e. The number of likely N-dealkylation sites (tertiary alicyclic amines) is 1. The highest BCUT2D eigenvalue weighted by atomic mass is 15.2. The van der Waals surface area contributed by atoms with Crippen LogP contribution in [0.4, 0.5) is 5.69 Å².